The summed E-state index contributed by atoms with van der Waals surface area (Å²) < 4.78 is 0. The zero-order chi connectivity index (χ0) is 23.5. The summed E-state index contributed by atoms with van der Waals surface area (Å²) in [4.78, 5) is 29.9. The normalized spacial score (nSPS) is 14.9. The van der Waals surface area contributed by atoms with E-state index in [0.29, 0.717) is 11.6 Å². The lowest BCUT2D eigenvalue weighted by Gasteiger charge is -2.32. The highest BCUT2D eigenvalue weighted by Gasteiger charge is 2.19. The molecule has 3 aromatic rings. The summed E-state index contributed by atoms with van der Waals surface area (Å²) in [6.07, 6.45) is 3.63. The highest BCUT2D eigenvalue weighted by Crippen LogP contribution is 2.30. The number of aliphatic imine (C=N–C) groups is 1. The molecule has 1 N–H and O–H groups in total. The van der Waals surface area contributed by atoms with Crippen molar-refractivity contribution in [2.75, 3.05) is 29.9 Å². The third-order valence-electron chi connectivity index (χ3n) is 5.85. The second kappa shape index (κ2) is 9.81. The fourth-order valence-corrected chi connectivity index (χ4v) is 4.62. The van der Waals surface area contributed by atoms with Crippen molar-refractivity contribution in [1.82, 2.24) is 9.97 Å². The minimum Gasteiger partial charge on any atom is -0.356 e. The molecule has 7 heteroatoms. The molecule has 0 unspecified atom stereocenters. The third-order valence-corrected chi connectivity index (χ3v) is 6.72. The van der Waals surface area contributed by atoms with Gasteiger partial charge in [0.25, 0.3) is 0 Å². The second-order valence-electron chi connectivity index (χ2n) is 8.77. The number of aromatic nitrogens is 2. The maximum atomic E-state index is 12.6. The molecule has 34 heavy (non-hydrogen) atoms. The van der Waals surface area contributed by atoms with Crippen LogP contribution in [0.15, 0.2) is 81.3 Å². The van der Waals surface area contributed by atoms with Crippen LogP contribution in [0.5, 0.6) is 0 Å². The van der Waals surface area contributed by atoms with Crippen molar-refractivity contribution in [1.29, 1.82) is 0 Å². The molecule has 3 heterocycles. The zero-order valence-corrected chi connectivity index (χ0v) is 20.2. The first-order valence-electron chi connectivity index (χ1n) is 11.5. The number of hydrogen-bond donors (Lipinski definition) is 1. The van der Waals surface area contributed by atoms with Crippen molar-refractivity contribution in [3.8, 4) is 0 Å². The maximum absolute atomic E-state index is 12.6. The summed E-state index contributed by atoms with van der Waals surface area (Å²) in [5.74, 6) is 2.66. The molecule has 0 atom stereocenters. The van der Waals surface area contributed by atoms with Crippen molar-refractivity contribution in [2.24, 2.45) is 4.99 Å². The molecule has 2 aliphatic heterocycles. The average Bonchev–Trinajstić information content (AvgIpc) is 3.18. The van der Waals surface area contributed by atoms with Crippen LogP contribution in [0.4, 0.5) is 11.6 Å². The molecule has 1 saturated heterocycles. The number of anilines is 2. The number of carbonyl (C=O) groups is 1. The summed E-state index contributed by atoms with van der Waals surface area (Å²) in [5.41, 5.74) is 4.08. The Bertz CT molecular complexity index is 1280. The lowest BCUT2D eigenvalue weighted by atomic mass is 10.0. The standard InChI is InChI=1S/C27H27N5OS/c1-18-5-3-6-21(13-18)23(33)15-20-7-9-22(10-8-20)34-27-30-25(29-24-14-19(2)17-28-24)16-26(31-27)32-11-4-12-32/h3,5-10,13-14,16H,4,11-12,15,17H2,1-2H3,(H,28,29,30,31). The molecule has 1 aromatic heterocycles. The highest BCUT2D eigenvalue weighted by atomic mass is 32.2. The number of nitrogens with zero attached hydrogens (tertiary/aromatic N) is 4. The first-order chi connectivity index (χ1) is 16.5. The number of benzene rings is 2. The van der Waals surface area contributed by atoms with Crippen molar-refractivity contribution in [3.63, 3.8) is 0 Å². The van der Waals surface area contributed by atoms with Crippen molar-refractivity contribution < 1.29 is 4.79 Å². The number of amidine groups is 1. The van der Waals surface area contributed by atoms with E-state index in [9.17, 15) is 4.79 Å². The summed E-state index contributed by atoms with van der Waals surface area (Å²) >= 11 is 1.52. The molecule has 172 valence electrons. The number of rotatable bonds is 7. The number of aryl methyl sites for hydroxylation is 1. The van der Waals surface area contributed by atoms with E-state index in [1.165, 1.54) is 23.8 Å². The molecule has 0 bridgehead atoms. The summed E-state index contributed by atoms with van der Waals surface area (Å²) in [7, 11) is 0. The Hall–Kier alpha value is -3.45. The van der Waals surface area contributed by atoms with Crippen LogP contribution in [0, 0.1) is 6.92 Å². The SMILES string of the molecule is CC1=CC(Nc2cc(N3CCC3)nc(Sc3ccc(CC(=O)c4cccc(C)c4)cc3)n2)=NC1. The average molecular weight is 470 g/mol. The maximum Gasteiger partial charge on any atom is 0.196 e. The van der Waals surface area contributed by atoms with Gasteiger partial charge in [-0.2, -0.15) is 0 Å². The second-order valence-corrected chi connectivity index (χ2v) is 9.81. The smallest absolute Gasteiger partial charge is 0.196 e. The van der Waals surface area contributed by atoms with E-state index in [0.717, 1.165) is 58.7 Å². The topological polar surface area (TPSA) is 70.5 Å². The van der Waals surface area contributed by atoms with Crippen LogP contribution in [0.3, 0.4) is 0 Å². The molecule has 0 aliphatic carbocycles. The molecule has 0 spiro atoms. The Balaban J connectivity index is 1.30. The predicted molar refractivity (Wildman–Crippen MR) is 138 cm³/mol. The van der Waals surface area contributed by atoms with Gasteiger partial charge in [-0.05, 0) is 67.4 Å². The highest BCUT2D eigenvalue weighted by molar-refractivity contribution is 7.99. The number of ketones is 1. The van der Waals surface area contributed by atoms with Gasteiger partial charge in [0.15, 0.2) is 10.9 Å². The Labute approximate surface area is 204 Å². The van der Waals surface area contributed by atoms with E-state index >= 15 is 0 Å². The third kappa shape index (κ3) is 5.37. The minimum atomic E-state index is 0.129. The van der Waals surface area contributed by atoms with Crippen LogP contribution < -0.4 is 10.2 Å². The van der Waals surface area contributed by atoms with Crippen molar-refractivity contribution in [2.45, 2.75) is 36.7 Å². The largest absolute Gasteiger partial charge is 0.356 e. The number of nitrogens with one attached hydrogen (secondary N) is 1. The molecule has 2 aliphatic rings. The van der Waals surface area contributed by atoms with E-state index in [4.69, 9.17) is 9.97 Å². The van der Waals surface area contributed by atoms with Gasteiger partial charge < -0.3 is 10.2 Å². The minimum absolute atomic E-state index is 0.129. The Kier molecular flexibility index (Phi) is 6.45. The zero-order valence-electron chi connectivity index (χ0n) is 19.4. The monoisotopic (exact) mass is 469 g/mol. The summed E-state index contributed by atoms with van der Waals surface area (Å²) in [6, 6.07) is 17.8. The first-order valence-corrected chi connectivity index (χ1v) is 12.3. The summed E-state index contributed by atoms with van der Waals surface area (Å²) in [5, 5.41) is 4.03. The molecule has 1 fully saturated rings. The molecule has 0 saturated carbocycles. The lowest BCUT2D eigenvalue weighted by molar-refractivity contribution is 0.0993. The van der Waals surface area contributed by atoms with Crippen LogP contribution in [0.25, 0.3) is 0 Å². The van der Waals surface area contributed by atoms with Gasteiger partial charge in [-0.1, -0.05) is 35.9 Å². The quantitative estimate of drug-likeness (QED) is 0.372. The molecular formula is C27H27N5OS. The number of carbonyl (C=O) groups excluding carboxylic acids is 1. The van der Waals surface area contributed by atoms with E-state index in [-0.39, 0.29) is 5.78 Å². The fraction of sp³-hybridized carbons (Fsp3) is 0.259. The van der Waals surface area contributed by atoms with Crippen molar-refractivity contribution in [3.05, 3.63) is 82.9 Å². The molecule has 0 amide bonds. The van der Waals surface area contributed by atoms with Gasteiger partial charge in [-0.3, -0.25) is 9.79 Å². The fourth-order valence-electron chi connectivity index (χ4n) is 3.86. The van der Waals surface area contributed by atoms with Crippen LogP contribution in [-0.2, 0) is 6.42 Å². The van der Waals surface area contributed by atoms with Crippen LogP contribution in [0.2, 0.25) is 0 Å². The summed E-state index contributed by atoms with van der Waals surface area (Å²) in [6.45, 7) is 6.84. The van der Waals surface area contributed by atoms with E-state index in [2.05, 4.69) is 28.2 Å². The molecule has 0 radical (unpaired) electrons. The van der Waals surface area contributed by atoms with E-state index in [1.54, 1.807) is 0 Å². The van der Waals surface area contributed by atoms with Gasteiger partial charge in [-0.25, -0.2) is 9.97 Å². The number of Topliss-reactive ketones (excluding diaryl/α,β-unsaturated/α-hetero) is 1. The van der Waals surface area contributed by atoms with Crippen molar-refractivity contribution >= 4 is 35.0 Å². The first kappa shape index (κ1) is 22.3. The lowest BCUT2D eigenvalue weighted by Crippen LogP contribution is -2.37. The van der Waals surface area contributed by atoms with Gasteiger partial charge in [0.1, 0.15) is 17.5 Å². The van der Waals surface area contributed by atoms with Gasteiger partial charge in [0.05, 0.1) is 6.54 Å². The van der Waals surface area contributed by atoms with Gasteiger partial charge in [-0.15, -0.1) is 0 Å². The Morgan fingerprint density at radius 2 is 1.88 bits per heavy atom. The van der Waals surface area contributed by atoms with Gasteiger partial charge >= 0.3 is 0 Å². The number of hydrogen-bond acceptors (Lipinski definition) is 7. The Morgan fingerprint density at radius 1 is 1.06 bits per heavy atom. The van der Waals surface area contributed by atoms with Crippen LogP contribution >= 0.6 is 11.8 Å². The molecular weight excluding hydrogens is 442 g/mol. The molecule has 5 rings (SSSR count). The molecule has 2 aromatic carbocycles. The van der Waals surface area contributed by atoms with Crippen LogP contribution in [0.1, 0.15) is 34.8 Å². The van der Waals surface area contributed by atoms with Gasteiger partial charge in [0.2, 0.25) is 0 Å². The van der Waals surface area contributed by atoms with E-state index < -0.39 is 0 Å². The van der Waals surface area contributed by atoms with Crippen LogP contribution in [-0.4, -0.2) is 41.2 Å². The molecule has 6 nitrogen and oxygen atoms in total. The van der Waals surface area contributed by atoms with E-state index in [1.807, 2.05) is 61.5 Å². The Morgan fingerprint density at radius 3 is 2.56 bits per heavy atom. The van der Waals surface area contributed by atoms with Gasteiger partial charge in [0, 0.05) is 36.0 Å². The predicted octanol–water partition coefficient (Wildman–Crippen LogP) is 5.34.